The van der Waals surface area contributed by atoms with Crippen LogP contribution in [-0.2, 0) is 14.4 Å². The van der Waals surface area contributed by atoms with Crippen molar-refractivity contribution in [2.45, 2.75) is 69.5 Å². The van der Waals surface area contributed by atoms with Crippen molar-refractivity contribution >= 4 is 23.7 Å². The number of hydrogen-bond donors (Lipinski definition) is 8. The van der Waals surface area contributed by atoms with Crippen LogP contribution in [0, 0.1) is 0 Å². The van der Waals surface area contributed by atoms with Gasteiger partial charge in [0.05, 0.1) is 6.04 Å². The first-order valence-electron chi connectivity index (χ1n) is 10.3. The Hall–Kier alpha value is -2.44. The molecule has 3 unspecified atom stereocenters. The van der Waals surface area contributed by atoms with Gasteiger partial charge in [-0.15, -0.1) is 0 Å². The molecular weight excluding hydrogens is 392 g/mol. The predicted molar refractivity (Wildman–Crippen MR) is 115 cm³/mol. The number of nitrogens with one attached hydrogen (secondary N) is 2. The summed E-state index contributed by atoms with van der Waals surface area (Å²) >= 11 is 0. The van der Waals surface area contributed by atoms with Crippen molar-refractivity contribution in [1.29, 1.82) is 0 Å². The lowest BCUT2D eigenvalue weighted by atomic mass is 10.1. The Morgan fingerprint density at radius 3 is 1.87 bits per heavy atom. The summed E-state index contributed by atoms with van der Waals surface area (Å²) in [7, 11) is 0. The van der Waals surface area contributed by atoms with E-state index in [4.69, 9.17) is 28.7 Å². The highest BCUT2D eigenvalue weighted by atomic mass is 16.4. The van der Waals surface area contributed by atoms with Crippen LogP contribution in [0.15, 0.2) is 4.99 Å². The molecule has 0 aliphatic rings. The zero-order valence-corrected chi connectivity index (χ0v) is 17.5. The maximum atomic E-state index is 12.7. The van der Waals surface area contributed by atoms with E-state index in [0.717, 1.165) is 6.42 Å². The molecule has 0 saturated carbocycles. The number of carboxylic acids is 1. The van der Waals surface area contributed by atoms with Crippen LogP contribution in [0.25, 0.3) is 0 Å². The lowest BCUT2D eigenvalue weighted by Gasteiger charge is -2.23. The zero-order valence-electron chi connectivity index (χ0n) is 17.5. The Balaban J connectivity index is 5.01. The number of nitrogens with two attached hydrogens (primary N) is 5. The molecule has 2 amide bonds. The van der Waals surface area contributed by atoms with Crippen molar-refractivity contribution in [2.75, 3.05) is 19.6 Å². The highest BCUT2D eigenvalue weighted by molar-refractivity contribution is 5.91. The number of carboxylic acid groups (broad SMARTS) is 1. The van der Waals surface area contributed by atoms with Gasteiger partial charge in [0.25, 0.3) is 0 Å². The van der Waals surface area contributed by atoms with E-state index in [1.54, 1.807) is 0 Å². The van der Waals surface area contributed by atoms with E-state index in [9.17, 15) is 19.5 Å². The van der Waals surface area contributed by atoms with E-state index in [2.05, 4.69) is 15.6 Å². The van der Waals surface area contributed by atoms with Crippen LogP contribution in [0.4, 0.5) is 0 Å². The average molecular weight is 431 g/mol. The monoisotopic (exact) mass is 430 g/mol. The molecule has 0 radical (unpaired) electrons. The van der Waals surface area contributed by atoms with E-state index < -0.39 is 35.9 Å². The Bertz CT molecular complexity index is 554. The second-order valence-corrected chi connectivity index (χ2v) is 7.08. The van der Waals surface area contributed by atoms with Gasteiger partial charge in [-0.25, -0.2) is 4.79 Å². The standard InChI is InChI=1S/C18H38N8O4/c19-9-3-1-6-12(21)15(27)25-13(8-5-11-24-18(22)23)16(28)26-14(17(29)30)7-2-4-10-20/h12-14H,1-11,19-21H2,(H,25,27)(H,26,28)(H,29,30)(H4,22,23,24). The van der Waals surface area contributed by atoms with E-state index in [0.29, 0.717) is 45.2 Å². The summed E-state index contributed by atoms with van der Waals surface area (Å²) in [5.74, 6) is -2.30. The van der Waals surface area contributed by atoms with Gasteiger partial charge in [0, 0.05) is 6.54 Å². The van der Waals surface area contributed by atoms with Crippen molar-refractivity contribution in [3.05, 3.63) is 0 Å². The van der Waals surface area contributed by atoms with Crippen molar-refractivity contribution in [3.63, 3.8) is 0 Å². The first kappa shape index (κ1) is 27.6. The minimum Gasteiger partial charge on any atom is -0.480 e. The minimum atomic E-state index is -1.15. The fourth-order valence-electron chi connectivity index (χ4n) is 2.71. The summed E-state index contributed by atoms with van der Waals surface area (Å²) in [5, 5.41) is 14.5. The normalized spacial score (nSPS) is 13.7. The van der Waals surface area contributed by atoms with E-state index >= 15 is 0 Å². The molecule has 0 aromatic rings. The molecule has 0 aromatic heterocycles. The number of guanidine groups is 1. The third-order valence-electron chi connectivity index (χ3n) is 4.45. The second kappa shape index (κ2) is 16.4. The summed E-state index contributed by atoms with van der Waals surface area (Å²) in [6, 6.07) is -2.81. The lowest BCUT2D eigenvalue weighted by molar-refractivity contribution is -0.142. The van der Waals surface area contributed by atoms with Crippen LogP contribution in [0.1, 0.15) is 51.4 Å². The third-order valence-corrected chi connectivity index (χ3v) is 4.45. The van der Waals surface area contributed by atoms with Crippen LogP contribution in [-0.4, -0.2) is 66.6 Å². The number of aliphatic imine (C=N–C) groups is 1. The van der Waals surface area contributed by atoms with Crippen LogP contribution in [0.2, 0.25) is 0 Å². The highest BCUT2D eigenvalue weighted by Gasteiger charge is 2.27. The summed E-state index contributed by atoms with van der Waals surface area (Å²) in [6.07, 6.45) is 3.94. The second-order valence-electron chi connectivity index (χ2n) is 7.08. The van der Waals surface area contributed by atoms with Gasteiger partial charge in [-0.1, -0.05) is 6.42 Å². The van der Waals surface area contributed by atoms with E-state index in [1.807, 2.05) is 0 Å². The Morgan fingerprint density at radius 2 is 1.33 bits per heavy atom. The number of rotatable bonds is 17. The molecule has 0 fully saturated rings. The molecule has 0 bridgehead atoms. The van der Waals surface area contributed by atoms with E-state index in [-0.39, 0.29) is 25.3 Å². The van der Waals surface area contributed by atoms with Gasteiger partial charge in [-0.05, 0) is 58.0 Å². The largest absolute Gasteiger partial charge is 0.480 e. The Morgan fingerprint density at radius 1 is 0.800 bits per heavy atom. The Labute approximate surface area is 177 Å². The quantitative estimate of drug-likeness (QED) is 0.0700. The Kier molecular flexibility index (Phi) is 15.0. The first-order chi connectivity index (χ1) is 14.2. The molecule has 30 heavy (non-hydrogen) atoms. The number of hydrogen-bond acceptors (Lipinski definition) is 7. The van der Waals surface area contributed by atoms with Crippen molar-refractivity contribution in [2.24, 2.45) is 33.7 Å². The van der Waals surface area contributed by atoms with Crippen LogP contribution < -0.4 is 39.3 Å². The maximum absolute atomic E-state index is 12.7. The summed E-state index contributed by atoms with van der Waals surface area (Å²) < 4.78 is 0. The fraction of sp³-hybridized carbons (Fsp3) is 0.778. The zero-order chi connectivity index (χ0) is 22.9. The highest BCUT2D eigenvalue weighted by Crippen LogP contribution is 2.06. The molecule has 0 saturated heterocycles. The number of nitrogens with zero attached hydrogens (tertiary/aromatic N) is 1. The van der Waals surface area contributed by atoms with Gasteiger partial charge in [0.1, 0.15) is 12.1 Å². The minimum absolute atomic E-state index is 0.0761. The number of unbranched alkanes of at least 4 members (excludes halogenated alkanes) is 2. The molecular formula is C18H38N8O4. The summed E-state index contributed by atoms with van der Waals surface area (Å²) in [4.78, 5) is 40.4. The molecule has 174 valence electrons. The van der Waals surface area contributed by atoms with Gasteiger partial charge < -0.3 is 44.4 Å². The molecule has 12 nitrogen and oxygen atoms in total. The number of carbonyl (C=O) groups is 3. The van der Waals surface area contributed by atoms with Crippen molar-refractivity contribution in [3.8, 4) is 0 Å². The molecule has 12 heteroatoms. The first-order valence-corrected chi connectivity index (χ1v) is 10.3. The summed E-state index contributed by atoms with van der Waals surface area (Å²) in [5.41, 5.74) is 27.3. The maximum Gasteiger partial charge on any atom is 0.326 e. The van der Waals surface area contributed by atoms with Crippen molar-refractivity contribution in [1.82, 2.24) is 10.6 Å². The van der Waals surface area contributed by atoms with Crippen molar-refractivity contribution < 1.29 is 19.5 Å². The topological polar surface area (TPSA) is 238 Å². The fourth-order valence-corrected chi connectivity index (χ4v) is 2.71. The summed E-state index contributed by atoms with van der Waals surface area (Å²) in [6.45, 7) is 1.21. The van der Waals surface area contributed by atoms with Gasteiger partial charge in [-0.2, -0.15) is 0 Å². The van der Waals surface area contributed by atoms with Gasteiger partial charge in [0.2, 0.25) is 11.8 Å². The van der Waals surface area contributed by atoms with Gasteiger partial charge in [-0.3, -0.25) is 14.6 Å². The molecule has 0 rings (SSSR count). The van der Waals surface area contributed by atoms with Gasteiger partial charge in [0.15, 0.2) is 5.96 Å². The molecule has 0 spiro atoms. The van der Waals surface area contributed by atoms with Crippen LogP contribution in [0.5, 0.6) is 0 Å². The SMILES string of the molecule is NCCCCC(N)C(=O)NC(CCCN=C(N)N)C(=O)NC(CCCCN)C(=O)O. The number of aliphatic carboxylic acids is 1. The van der Waals surface area contributed by atoms with Crippen LogP contribution in [0.3, 0.4) is 0 Å². The number of amides is 2. The average Bonchev–Trinajstić information content (AvgIpc) is 2.69. The smallest absolute Gasteiger partial charge is 0.326 e. The van der Waals surface area contributed by atoms with E-state index in [1.165, 1.54) is 0 Å². The molecule has 0 aliphatic heterocycles. The molecule has 0 heterocycles. The third kappa shape index (κ3) is 12.9. The lowest BCUT2D eigenvalue weighted by Crippen LogP contribution is -2.54. The van der Waals surface area contributed by atoms with Gasteiger partial charge >= 0.3 is 5.97 Å². The molecule has 0 aromatic carbocycles. The molecule has 3 atom stereocenters. The number of carbonyl (C=O) groups excluding carboxylic acids is 2. The molecule has 13 N–H and O–H groups in total. The van der Waals surface area contributed by atoms with Crippen LogP contribution >= 0.6 is 0 Å². The predicted octanol–water partition coefficient (Wildman–Crippen LogP) is -2.32. The molecule has 0 aliphatic carbocycles.